The van der Waals surface area contributed by atoms with Gasteiger partial charge in [0.2, 0.25) is 0 Å². The van der Waals surface area contributed by atoms with E-state index in [9.17, 15) is 18.3 Å². The van der Waals surface area contributed by atoms with Crippen LogP contribution in [0, 0.1) is 0 Å². The largest absolute Gasteiger partial charge is 0.493 e. The molecule has 7 nitrogen and oxygen atoms in total. The summed E-state index contributed by atoms with van der Waals surface area (Å²) in [7, 11) is -3.55. The van der Waals surface area contributed by atoms with Crippen LogP contribution >= 0.6 is 0 Å². The molecule has 0 saturated carbocycles. The van der Waals surface area contributed by atoms with Gasteiger partial charge in [0, 0.05) is 18.9 Å². The Labute approximate surface area is 177 Å². The van der Waals surface area contributed by atoms with E-state index in [0.29, 0.717) is 31.8 Å². The highest BCUT2D eigenvalue weighted by Gasteiger charge is 2.28. The molecule has 2 atom stereocenters. The second-order valence-corrected chi connectivity index (χ2v) is 8.40. The summed E-state index contributed by atoms with van der Waals surface area (Å²) in [5, 5.41) is 9.44. The van der Waals surface area contributed by atoms with Gasteiger partial charge in [0.25, 0.3) is 0 Å². The van der Waals surface area contributed by atoms with Crippen molar-refractivity contribution in [2.75, 3.05) is 19.5 Å². The lowest BCUT2D eigenvalue weighted by atomic mass is 9.90. The molecule has 164 valence electrons. The molecule has 0 bridgehead atoms. The third-order valence-corrected chi connectivity index (χ3v) is 5.03. The third-order valence-electron chi connectivity index (χ3n) is 4.53. The maximum absolute atomic E-state index is 11.5. The number of rotatable bonds is 12. The monoisotopic (exact) mass is 436 g/mol. The number of aliphatic carboxylic acids is 1. The summed E-state index contributed by atoms with van der Waals surface area (Å²) in [6.07, 6.45) is 1.47. The molecule has 30 heavy (non-hydrogen) atoms. The van der Waals surface area contributed by atoms with Crippen molar-refractivity contribution in [1.82, 2.24) is 0 Å². The number of benzene rings is 2. The van der Waals surface area contributed by atoms with Gasteiger partial charge >= 0.3 is 16.1 Å². The first-order valence-corrected chi connectivity index (χ1v) is 11.6. The highest BCUT2D eigenvalue weighted by molar-refractivity contribution is 7.86. The van der Waals surface area contributed by atoms with Crippen molar-refractivity contribution < 1.29 is 32.0 Å². The van der Waals surface area contributed by atoms with Crippen LogP contribution in [-0.4, -0.2) is 45.1 Å². The Kier molecular flexibility index (Phi) is 8.68. The van der Waals surface area contributed by atoms with Crippen LogP contribution in [0.5, 0.6) is 11.5 Å². The molecule has 0 fully saturated rings. The minimum atomic E-state index is -3.55. The molecule has 0 amide bonds. The normalized spacial score (nSPS) is 13.4. The minimum absolute atomic E-state index is 0.208. The molecular weight excluding hydrogens is 408 g/mol. The lowest BCUT2D eigenvalue weighted by Crippen LogP contribution is -2.30. The predicted octanol–water partition coefficient (Wildman–Crippen LogP) is 3.63. The average molecular weight is 437 g/mol. The van der Waals surface area contributed by atoms with Gasteiger partial charge in [-0.2, -0.15) is 8.42 Å². The van der Waals surface area contributed by atoms with E-state index in [-0.39, 0.29) is 11.7 Å². The van der Waals surface area contributed by atoms with Crippen LogP contribution in [-0.2, 0) is 26.1 Å². The van der Waals surface area contributed by atoms with E-state index in [2.05, 4.69) is 0 Å². The van der Waals surface area contributed by atoms with Gasteiger partial charge in [-0.1, -0.05) is 31.2 Å². The van der Waals surface area contributed by atoms with Crippen molar-refractivity contribution in [1.29, 1.82) is 0 Å². The molecule has 0 saturated heterocycles. The second kappa shape index (κ2) is 11.0. The van der Waals surface area contributed by atoms with Gasteiger partial charge in [0.05, 0.1) is 12.9 Å². The Morgan fingerprint density at radius 2 is 1.60 bits per heavy atom. The molecule has 2 rings (SSSR count). The van der Waals surface area contributed by atoms with Crippen LogP contribution in [0.4, 0.5) is 0 Å². The summed E-state index contributed by atoms with van der Waals surface area (Å²) >= 11 is 0. The summed E-state index contributed by atoms with van der Waals surface area (Å²) in [5.41, 5.74) is 2.00. The van der Waals surface area contributed by atoms with Gasteiger partial charge in [0.1, 0.15) is 11.5 Å². The topological polar surface area (TPSA) is 99.1 Å². The summed E-state index contributed by atoms with van der Waals surface area (Å²) in [5.74, 6) is -0.313. The molecule has 0 aliphatic rings. The van der Waals surface area contributed by atoms with Crippen molar-refractivity contribution in [2.24, 2.45) is 0 Å². The second-order valence-electron chi connectivity index (χ2n) is 6.83. The predicted molar refractivity (Wildman–Crippen MR) is 114 cm³/mol. The molecule has 0 aliphatic carbocycles. The summed E-state index contributed by atoms with van der Waals surface area (Å²) in [6, 6.07) is 14.2. The maximum Gasteiger partial charge on any atom is 0.333 e. The fraction of sp³-hybridized carbons (Fsp3) is 0.409. The van der Waals surface area contributed by atoms with Crippen LogP contribution in [0.25, 0.3) is 0 Å². The molecule has 1 unspecified atom stereocenters. The lowest BCUT2D eigenvalue weighted by molar-refractivity contribution is -0.151. The van der Waals surface area contributed by atoms with Crippen molar-refractivity contribution >= 4 is 16.1 Å². The van der Waals surface area contributed by atoms with Gasteiger partial charge < -0.3 is 18.8 Å². The van der Waals surface area contributed by atoms with Gasteiger partial charge in [0.15, 0.2) is 6.10 Å². The van der Waals surface area contributed by atoms with Crippen molar-refractivity contribution in [3.05, 3.63) is 59.7 Å². The molecule has 0 aliphatic heterocycles. The van der Waals surface area contributed by atoms with Gasteiger partial charge in [-0.3, -0.25) is 0 Å². The van der Waals surface area contributed by atoms with E-state index in [1.807, 2.05) is 31.2 Å². The molecule has 0 aromatic heterocycles. The molecule has 0 heterocycles. The van der Waals surface area contributed by atoms with E-state index < -0.39 is 22.2 Å². The van der Waals surface area contributed by atoms with Gasteiger partial charge in [-0.25, -0.2) is 4.79 Å². The number of carboxylic acids is 1. The first-order valence-electron chi connectivity index (χ1n) is 9.79. The Bertz CT molecular complexity index is 906. The molecule has 1 N–H and O–H groups in total. The van der Waals surface area contributed by atoms with Crippen LogP contribution in [0.2, 0.25) is 0 Å². The van der Waals surface area contributed by atoms with Crippen molar-refractivity contribution in [3.8, 4) is 11.5 Å². The zero-order valence-corrected chi connectivity index (χ0v) is 18.2. The van der Waals surface area contributed by atoms with Crippen LogP contribution in [0.15, 0.2) is 48.5 Å². The summed E-state index contributed by atoms with van der Waals surface area (Å²) in [6.45, 7) is 4.54. The van der Waals surface area contributed by atoms with E-state index in [0.717, 1.165) is 17.4 Å². The fourth-order valence-electron chi connectivity index (χ4n) is 3.15. The molecule has 0 radical (unpaired) electrons. The highest BCUT2D eigenvalue weighted by Crippen LogP contribution is 2.26. The van der Waals surface area contributed by atoms with Crippen LogP contribution < -0.4 is 8.92 Å². The number of hydrogen-bond donors (Lipinski definition) is 1. The smallest absolute Gasteiger partial charge is 0.333 e. The van der Waals surface area contributed by atoms with Gasteiger partial charge in [-0.15, -0.1) is 0 Å². The minimum Gasteiger partial charge on any atom is -0.493 e. The van der Waals surface area contributed by atoms with E-state index >= 15 is 0 Å². The highest BCUT2D eigenvalue weighted by atomic mass is 32.2. The quantitative estimate of drug-likeness (QED) is 0.507. The zero-order chi connectivity index (χ0) is 22.1. The molecule has 2 aromatic rings. The molecular formula is C22H28O7S. The fourth-order valence-corrected chi connectivity index (χ4v) is 3.61. The molecule has 0 spiro atoms. The number of carbonyl (C=O) groups is 1. The Hall–Kier alpha value is -2.58. The average Bonchev–Trinajstić information content (AvgIpc) is 2.69. The SMILES string of the molecule is CCO[C@H](C(=O)O)C(CC)c1ccc(CCOc2ccc(OS(C)(=O)=O)cc2)cc1. The van der Waals surface area contributed by atoms with Crippen molar-refractivity contribution in [2.45, 2.75) is 38.7 Å². The van der Waals surface area contributed by atoms with Crippen LogP contribution in [0.3, 0.4) is 0 Å². The number of carboxylic acid groups (broad SMARTS) is 1. The number of ether oxygens (including phenoxy) is 2. The zero-order valence-electron chi connectivity index (χ0n) is 17.4. The van der Waals surface area contributed by atoms with E-state index in [1.54, 1.807) is 19.1 Å². The summed E-state index contributed by atoms with van der Waals surface area (Å²) in [4.78, 5) is 11.5. The first-order chi connectivity index (χ1) is 14.2. The number of hydrogen-bond acceptors (Lipinski definition) is 6. The summed E-state index contributed by atoms with van der Waals surface area (Å²) < 4.78 is 38.1. The van der Waals surface area contributed by atoms with Crippen LogP contribution in [0.1, 0.15) is 37.3 Å². The standard InChI is InChI=1S/C22H28O7S/c1-4-20(21(22(23)24)27-5-2)17-8-6-16(7-9-17)14-15-28-18-10-12-19(13-11-18)29-30(3,25)26/h6-13,20-21H,4-5,14-15H2,1-3H3,(H,23,24)/t20?,21-/m0/s1. The maximum atomic E-state index is 11.5. The molecule has 8 heteroatoms. The first kappa shape index (κ1) is 23.7. The Balaban J connectivity index is 1.92. The lowest BCUT2D eigenvalue weighted by Gasteiger charge is -2.23. The van der Waals surface area contributed by atoms with Gasteiger partial charge in [-0.05, 0) is 48.7 Å². The Morgan fingerprint density at radius 3 is 2.10 bits per heavy atom. The third kappa shape index (κ3) is 7.35. The van der Waals surface area contributed by atoms with E-state index in [4.69, 9.17) is 13.7 Å². The molecule has 2 aromatic carbocycles. The van der Waals surface area contributed by atoms with E-state index in [1.165, 1.54) is 12.1 Å². The van der Waals surface area contributed by atoms with Crippen molar-refractivity contribution in [3.63, 3.8) is 0 Å². The Morgan fingerprint density at radius 1 is 1.00 bits per heavy atom.